The van der Waals surface area contributed by atoms with Crippen molar-refractivity contribution in [3.05, 3.63) is 22.1 Å². The Morgan fingerprint density at radius 3 is 2.86 bits per heavy atom. The van der Waals surface area contributed by atoms with Gasteiger partial charge in [-0.2, -0.15) is 0 Å². The Kier molecular flexibility index (Phi) is 2.43. The number of piperazine rings is 1. The minimum absolute atomic E-state index is 0.0232. The van der Waals surface area contributed by atoms with Gasteiger partial charge in [0.2, 0.25) is 0 Å². The Balaban J connectivity index is 2.18. The molecule has 1 atom stereocenters. The molecule has 0 spiro atoms. The first-order valence-corrected chi connectivity index (χ1v) is 4.84. The molecule has 1 unspecified atom stereocenters. The lowest BCUT2D eigenvalue weighted by Gasteiger charge is -2.30. The second-order valence-electron chi connectivity index (χ2n) is 3.88. The SMILES string of the molecule is CN1CCNC(c2cc(=O)n(C)[nH]2)C1. The van der Waals surface area contributed by atoms with E-state index in [1.165, 1.54) is 4.68 Å². The summed E-state index contributed by atoms with van der Waals surface area (Å²) in [6.07, 6.45) is 0. The quantitative estimate of drug-likeness (QED) is 0.624. The van der Waals surface area contributed by atoms with Gasteiger partial charge in [-0.25, -0.2) is 0 Å². The summed E-state index contributed by atoms with van der Waals surface area (Å²) in [5.74, 6) is 0. The molecule has 0 bridgehead atoms. The molecule has 1 aromatic rings. The molecule has 14 heavy (non-hydrogen) atoms. The van der Waals surface area contributed by atoms with Crippen LogP contribution in [0, 0.1) is 0 Å². The van der Waals surface area contributed by atoms with E-state index < -0.39 is 0 Å². The van der Waals surface area contributed by atoms with Crippen LogP contribution in [0.5, 0.6) is 0 Å². The zero-order chi connectivity index (χ0) is 10.1. The zero-order valence-electron chi connectivity index (χ0n) is 8.58. The van der Waals surface area contributed by atoms with Crippen molar-refractivity contribution in [3.63, 3.8) is 0 Å². The van der Waals surface area contributed by atoms with E-state index >= 15 is 0 Å². The van der Waals surface area contributed by atoms with Gasteiger partial charge >= 0.3 is 0 Å². The van der Waals surface area contributed by atoms with Crippen LogP contribution >= 0.6 is 0 Å². The molecule has 2 N–H and O–H groups in total. The number of nitrogens with zero attached hydrogens (tertiary/aromatic N) is 2. The molecule has 0 aromatic carbocycles. The van der Waals surface area contributed by atoms with E-state index in [-0.39, 0.29) is 11.6 Å². The molecule has 5 heteroatoms. The fourth-order valence-electron chi connectivity index (χ4n) is 1.79. The molecule has 2 rings (SSSR count). The summed E-state index contributed by atoms with van der Waals surface area (Å²) >= 11 is 0. The number of H-pyrrole nitrogens is 1. The first-order chi connectivity index (χ1) is 6.66. The molecular weight excluding hydrogens is 180 g/mol. The Morgan fingerprint density at radius 1 is 1.50 bits per heavy atom. The van der Waals surface area contributed by atoms with Gasteiger partial charge in [-0.3, -0.25) is 14.6 Å². The van der Waals surface area contributed by atoms with E-state index in [4.69, 9.17) is 0 Å². The van der Waals surface area contributed by atoms with E-state index in [2.05, 4.69) is 22.4 Å². The maximum Gasteiger partial charge on any atom is 0.266 e. The van der Waals surface area contributed by atoms with Gasteiger partial charge < -0.3 is 10.2 Å². The molecule has 5 nitrogen and oxygen atoms in total. The fraction of sp³-hybridized carbons (Fsp3) is 0.667. The minimum Gasteiger partial charge on any atom is -0.306 e. The predicted octanol–water partition coefficient (Wildman–Crippen LogP) is -0.710. The Morgan fingerprint density at radius 2 is 2.29 bits per heavy atom. The molecule has 0 amide bonds. The zero-order valence-corrected chi connectivity index (χ0v) is 8.58. The number of aromatic nitrogens is 2. The topological polar surface area (TPSA) is 53.1 Å². The summed E-state index contributed by atoms with van der Waals surface area (Å²) in [5, 5.41) is 6.43. The average molecular weight is 196 g/mol. The molecule has 1 aliphatic rings. The Hall–Kier alpha value is -1.07. The number of rotatable bonds is 1. The summed E-state index contributed by atoms with van der Waals surface area (Å²) in [5.41, 5.74) is 0.999. The first kappa shape index (κ1) is 9.48. The van der Waals surface area contributed by atoms with Gasteiger partial charge in [-0.05, 0) is 7.05 Å². The summed E-state index contributed by atoms with van der Waals surface area (Å²) < 4.78 is 1.51. The molecule has 0 saturated carbocycles. The van der Waals surface area contributed by atoms with E-state index in [9.17, 15) is 4.79 Å². The highest BCUT2D eigenvalue weighted by Gasteiger charge is 2.19. The monoisotopic (exact) mass is 196 g/mol. The van der Waals surface area contributed by atoms with E-state index in [0.717, 1.165) is 25.3 Å². The standard InChI is InChI=1S/C9H16N4O/c1-12-4-3-10-8(6-12)7-5-9(14)13(2)11-7/h5,8,10-11H,3-4,6H2,1-2H3. The van der Waals surface area contributed by atoms with E-state index in [0.29, 0.717) is 0 Å². The molecule has 1 fully saturated rings. The number of nitrogens with one attached hydrogen (secondary N) is 2. The molecule has 1 aliphatic heterocycles. The molecule has 1 saturated heterocycles. The van der Waals surface area contributed by atoms with Crippen LogP contribution in [0.3, 0.4) is 0 Å². The van der Waals surface area contributed by atoms with Crippen LogP contribution in [-0.2, 0) is 7.05 Å². The van der Waals surface area contributed by atoms with Crippen LogP contribution < -0.4 is 10.9 Å². The lowest BCUT2D eigenvalue weighted by atomic mass is 10.1. The van der Waals surface area contributed by atoms with Crippen molar-refractivity contribution in [2.45, 2.75) is 6.04 Å². The van der Waals surface area contributed by atoms with Gasteiger partial charge in [0, 0.05) is 32.7 Å². The van der Waals surface area contributed by atoms with Crippen molar-refractivity contribution in [1.29, 1.82) is 0 Å². The molecular formula is C9H16N4O. The van der Waals surface area contributed by atoms with Crippen molar-refractivity contribution in [2.75, 3.05) is 26.7 Å². The highest BCUT2D eigenvalue weighted by atomic mass is 16.1. The Labute approximate surface area is 82.7 Å². The first-order valence-electron chi connectivity index (χ1n) is 4.84. The number of hydrogen-bond acceptors (Lipinski definition) is 3. The van der Waals surface area contributed by atoms with Crippen LogP contribution in [0.2, 0.25) is 0 Å². The fourth-order valence-corrected chi connectivity index (χ4v) is 1.79. The van der Waals surface area contributed by atoms with Crippen molar-refractivity contribution >= 4 is 0 Å². The van der Waals surface area contributed by atoms with Gasteiger partial charge in [-0.1, -0.05) is 0 Å². The number of hydrogen-bond donors (Lipinski definition) is 2. The number of aromatic amines is 1. The minimum atomic E-state index is 0.0232. The lowest BCUT2D eigenvalue weighted by molar-refractivity contribution is 0.237. The van der Waals surface area contributed by atoms with E-state index in [1.54, 1.807) is 13.1 Å². The van der Waals surface area contributed by atoms with Crippen molar-refractivity contribution in [2.24, 2.45) is 7.05 Å². The third-order valence-corrected chi connectivity index (χ3v) is 2.66. The highest BCUT2D eigenvalue weighted by molar-refractivity contribution is 5.07. The molecule has 0 radical (unpaired) electrons. The molecule has 2 heterocycles. The van der Waals surface area contributed by atoms with Gasteiger partial charge in [0.15, 0.2) is 0 Å². The van der Waals surface area contributed by atoms with Gasteiger partial charge in [0.1, 0.15) is 0 Å². The molecule has 0 aliphatic carbocycles. The predicted molar refractivity (Wildman–Crippen MR) is 54.3 cm³/mol. The maximum absolute atomic E-state index is 11.3. The van der Waals surface area contributed by atoms with Crippen LogP contribution in [0.15, 0.2) is 10.9 Å². The average Bonchev–Trinajstić information content (AvgIpc) is 2.47. The summed E-state index contributed by atoms with van der Waals surface area (Å²) in [7, 11) is 3.83. The summed E-state index contributed by atoms with van der Waals surface area (Å²) in [6.45, 7) is 2.98. The Bertz CT molecular complexity index is 367. The largest absolute Gasteiger partial charge is 0.306 e. The third-order valence-electron chi connectivity index (χ3n) is 2.66. The number of aryl methyl sites for hydroxylation is 1. The highest BCUT2D eigenvalue weighted by Crippen LogP contribution is 2.11. The van der Waals surface area contributed by atoms with Crippen molar-refractivity contribution < 1.29 is 0 Å². The number of likely N-dealkylation sites (N-methyl/N-ethyl adjacent to an activating group) is 1. The van der Waals surface area contributed by atoms with Crippen molar-refractivity contribution in [1.82, 2.24) is 20.0 Å². The van der Waals surface area contributed by atoms with Crippen LogP contribution in [0.1, 0.15) is 11.7 Å². The molecule has 78 valence electrons. The van der Waals surface area contributed by atoms with Gasteiger partial charge in [0.05, 0.1) is 11.7 Å². The summed E-state index contributed by atoms with van der Waals surface area (Å²) in [6, 6.07) is 1.92. The maximum atomic E-state index is 11.3. The van der Waals surface area contributed by atoms with Crippen LogP contribution in [0.4, 0.5) is 0 Å². The lowest BCUT2D eigenvalue weighted by Crippen LogP contribution is -2.43. The van der Waals surface area contributed by atoms with Crippen LogP contribution in [0.25, 0.3) is 0 Å². The van der Waals surface area contributed by atoms with Gasteiger partial charge in [0.25, 0.3) is 5.56 Å². The van der Waals surface area contributed by atoms with E-state index in [1.807, 2.05) is 0 Å². The second-order valence-corrected chi connectivity index (χ2v) is 3.88. The second kappa shape index (κ2) is 3.59. The smallest absolute Gasteiger partial charge is 0.266 e. The third kappa shape index (κ3) is 1.73. The van der Waals surface area contributed by atoms with Crippen LogP contribution in [-0.4, -0.2) is 41.4 Å². The summed E-state index contributed by atoms with van der Waals surface area (Å²) in [4.78, 5) is 13.5. The molecule has 1 aromatic heterocycles. The van der Waals surface area contributed by atoms with Gasteiger partial charge in [-0.15, -0.1) is 0 Å². The normalized spacial score (nSPS) is 24.0. The van der Waals surface area contributed by atoms with Crippen molar-refractivity contribution in [3.8, 4) is 0 Å².